The first-order valence-corrected chi connectivity index (χ1v) is 15.2. The second-order valence-corrected chi connectivity index (χ2v) is 13.1. The Balaban J connectivity index is 1.24. The maximum absolute atomic E-state index is 16.8. The number of nitrogens with one attached hydrogen (secondary N) is 1. The van der Waals surface area contributed by atoms with E-state index < -0.39 is 24.0 Å². The van der Waals surface area contributed by atoms with E-state index in [1.54, 1.807) is 6.20 Å². The molecule has 2 aromatic heterocycles. The first kappa shape index (κ1) is 23.6. The first-order chi connectivity index (χ1) is 21.3. The minimum absolute atomic E-state index is 0.00604. The lowest BCUT2D eigenvalue weighted by molar-refractivity contribution is 0.107. The SMILES string of the molecule is [2H]C1([2H])CC[C@@]2(COc3nc(N4CC5CCC4CN5)c4cnc(-c5cc(O)cc(Cl)c5[C@H]5C[C@H]5C)c(F)c4n3)C[C@@]([2H])(F)CN12. The van der Waals surface area contributed by atoms with Crippen LogP contribution in [0.25, 0.3) is 22.2 Å². The van der Waals surface area contributed by atoms with Gasteiger partial charge in [0.25, 0.3) is 0 Å². The molecule has 6 atom stereocenters. The molecule has 222 valence electrons. The van der Waals surface area contributed by atoms with E-state index in [2.05, 4.69) is 27.1 Å². The number of fused-ring (bicyclic) bond motifs is 5. The van der Waals surface area contributed by atoms with Gasteiger partial charge in [0.1, 0.15) is 35.5 Å². The van der Waals surface area contributed by atoms with Gasteiger partial charge in [0.2, 0.25) is 0 Å². The molecule has 9 rings (SSSR count). The van der Waals surface area contributed by atoms with Gasteiger partial charge in [-0.05, 0) is 68.1 Å². The van der Waals surface area contributed by atoms with Gasteiger partial charge in [0, 0.05) is 57.7 Å². The number of aromatic hydroxyl groups is 1. The van der Waals surface area contributed by atoms with Crippen LogP contribution >= 0.6 is 11.6 Å². The largest absolute Gasteiger partial charge is 0.508 e. The van der Waals surface area contributed by atoms with Crippen LogP contribution in [0.15, 0.2) is 18.3 Å². The highest BCUT2D eigenvalue weighted by molar-refractivity contribution is 6.32. The third-order valence-electron chi connectivity index (χ3n) is 9.90. The van der Waals surface area contributed by atoms with Gasteiger partial charge in [-0.2, -0.15) is 9.97 Å². The number of alkyl halides is 1. The third kappa shape index (κ3) is 4.32. The summed E-state index contributed by atoms with van der Waals surface area (Å²) in [6, 6.07) is 3.26. The van der Waals surface area contributed by atoms with Crippen molar-refractivity contribution >= 4 is 28.3 Å². The van der Waals surface area contributed by atoms with Gasteiger partial charge in [-0.15, -0.1) is 0 Å². The lowest BCUT2D eigenvalue weighted by atomic mass is 9.92. The molecule has 3 aromatic rings. The van der Waals surface area contributed by atoms with E-state index in [9.17, 15) is 9.50 Å². The summed E-state index contributed by atoms with van der Waals surface area (Å²) in [7, 11) is 0. The minimum Gasteiger partial charge on any atom is -0.508 e. The Kier molecular flexibility index (Phi) is 5.54. The average Bonchev–Trinajstić information content (AvgIpc) is 3.57. The smallest absolute Gasteiger partial charge is 0.319 e. The Morgan fingerprint density at radius 3 is 2.90 bits per heavy atom. The van der Waals surface area contributed by atoms with Crippen LogP contribution in [0.5, 0.6) is 11.8 Å². The number of ether oxygens (including phenoxy) is 1. The van der Waals surface area contributed by atoms with Gasteiger partial charge < -0.3 is 20.1 Å². The quantitative estimate of drug-likeness (QED) is 0.399. The number of phenols is 1. The van der Waals surface area contributed by atoms with Gasteiger partial charge in [-0.25, -0.2) is 8.78 Å². The number of pyridine rings is 1. The second kappa shape index (κ2) is 9.86. The van der Waals surface area contributed by atoms with Gasteiger partial charge in [-0.3, -0.25) is 9.88 Å². The number of piperazine rings is 1. The maximum atomic E-state index is 16.8. The van der Waals surface area contributed by atoms with Crippen LogP contribution in [0, 0.1) is 11.7 Å². The Labute approximate surface area is 252 Å². The standard InChI is InChI=1S/C31H35ClF2N6O2/c1-16-7-21(16)25-22(8-20(41)9-24(25)32)27-26(34)28-23(12-36-27)29(40-14-18-3-4-19(40)11-35-18)38-30(37-28)42-15-31-5-2-6-39(31)13-17(33)10-31/h8-9,12,16-19,21,35,41H,2-7,10-11,13-15H2,1H3/t16-,17-,18?,19?,21+,31+/m1/s1/i6D2,17D. The Bertz CT molecular complexity index is 1710. The van der Waals surface area contributed by atoms with Crippen molar-refractivity contribution < 1.29 is 22.7 Å². The van der Waals surface area contributed by atoms with Crippen molar-refractivity contribution in [2.75, 3.05) is 37.6 Å². The monoisotopic (exact) mass is 599 g/mol. The molecule has 8 nitrogen and oxygen atoms in total. The van der Waals surface area contributed by atoms with Crippen molar-refractivity contribution in [3.63, 3.8) is 0 Å². The van der Waals surface area contributed by atoms with Gasteiger partial charge in [0.05, 0.1) is 12.3 Å². The maximum Gasteiger partial charge on any atom is 0.319 e. The zero-order valence-corrected chi connectivity index (χ0v) is 24.1. The fourth-order valence-electron chi connectivity index (χ4n) is 7.48. The van der Waals surface area contributed by atoms with Crippen molar-refractivity contribution in [1.29, 1.82) is 0 Å². The van der Waals surface area contributed by atoms with Crippen molar-refractivity contribution in [3.8, 4) is 23.0 Å². The molecule has 2 N–H and O–H groups in total. The number of halogens is 3. The van der Waals surface area contributed by atoms with Gasteiger partial charge in [-0.1, -0.05) is 18.5 Å². The summed E-state index contributed by atoms with van der Waals surface area (Å²) in [5.41, 5.74) is 0.155. The summed E-state index contributed by atoms with van der Waals surface area (Å²) in [5, 5.41) is 14.7. The molecule has 1 saturated carbocycles. The molecular weight excluding hydrogens is 562 g/mol. The van der Waals surface area contributed by atoms with Crippen LogP contribution in [0.4, 0.5) is 14.6 Å². The highest BCUT2D eigenvalue weighted by atomic mass is 35.5. The van der Waals surface area contributed by atoms with Crippen LogP contribution in [-0.2, 0) is 0 Å². The summed E-state index contributed by atoms with van der Waals surface area (Å²) >= 11 is 6.59. The molecule has 0 amide bonds. The molecule has 42 heavy (non-hydrogen) atoms. The number of aromatic nitrogens is 3. The van der Waals surface area contributed by atoms with Crippen LogP contribution in [0.3, 0.4) is 0 Å². The van der Waals surface area contributed by atoms with Crippen molar-refractivity contribution in [1.82, 2.24) is 25.2 Å². The molecule has 5 saturated heterocycles. The zero-order chi connectivity index (χ0) is 31.5. The fourth-order valence-corrected chi connectivity index (χ4v) is 7.83. The van der Waals surface area contributed by atoms with Crippen LogP contribution < -0.4 is 15.0 Å². The molecule has 0 radical (unpaired) electrons. The molecule has 1 aromatic carbocycles. The number of anilines is 1. The molecule has 1 aliphatic carbocycles. The minimum atomic E-state index is -2.31. The molecule has 7 heterocycles. The Morgan fingerprint density at radius 1 is 1.31 bits per heavy atom. The summed E-state index contributed by atoms with van der Waals surface area (Å²) in [6.07, 6.45) is 2.45. The van der Waals surface area contributed by atoms with Crippen LogP contribution in [0.1, 0.15) is 61.0 Å². The van der Waals surface area contributed by atoms with Crippen molar-refractivity contribution in [2.45, 2.75) is 75.1 Å². The summed E-state index contributed by atoms with van der Waals surface area (Å²) in [4.78, 5) is 17.4. The van der Waals surface area contributed by atoms with E-state index in [4.69, 9.17) is 25.4 Å². The fraction of sp³-hybridized carbons (Fsp3) is 0.581. The number of rotatable bonds is 6. The average molecular weight is 600 g/mol. The molecule has 6 aliphatic rings. The second-order valence-electron chi connectivity index (χ2n) is 12.7. The van der Waals surface area contributed by atoms with E-state index in [0.29, 0.717) is 40.7 Å². The van der Waals surface area contributed by atoms with Crippen LogP contribution in [0.2, 0.25) is 5.02 Å². The van der Waals surface area contributed by atoms with Crippen molar-refractivity contribution in [3.05, 3.63) is 34.7 Å². The zero-order valence-electron chi connectivity index (χ0n) is 26.3. The Morgan fingerprint density at radius 2 is 2.17 bits per heavy atom. The van der Waals surface area contributed by atoms with E-state index in [1.165, 1.54) is 17.0 Å². The van der Waals surface area contributed by atoms with E-state index >= 15 is 4.39 Å². The molecule has 0 spiro atoms. The topological polar surface area (TPSA) is 86.6 Å². The number of piperidine rings is 2. The molecule has 11 heteroatoms. The highest BCUT2D eigenvalue weighted by Gasteiger charge is 2.49. The molecule has 2 unspecified atom stereocenters. The Hall–Kier alpha value is -2.82. The number of phenolic OH excluding ortho intramolecular Hbond substituents is 1. The molecular formula is C31H35ClF2N6O2. The summed E-state index contributed by atoms with van der Waals surface area (Å²) < 4.78 is 62.7. The molecule has 5 aliphatic heterocycles. The van der Waals surface area contributed by atoms with Gasteiger partial charge >= 0.3 is 6.01 Å². The van der Waals surface area contributed by atoms with Crippen LogP contribution in [-0.4, -0.2) is 81.5 Å². The predicted molar refractivity (Wildman–Crippen MR) is 157 cm³/mol. The first-order valence-electron chi connectivity index (χ1n) is 16.3. The van der Waals surface area contributed by atoms with Crippen molar-refractivity contribution in [2.24, 2.45) is 5.92 Å². The number of hydrogen-bond acceptors (Lipinski definition) is 8. The third-order valence-corrected chi connectivity index (χ3v) is 10.2. The summed E-state index contributed by atoms with van der Waals surface area (Å²) in [5.74, 6) is 0.214. The normalized spacial score (nSPS) is 36.1. The number of hydrogen-bond donors (Lipinski definition) is 2. The molecule has 2 bridgehead atoms. The number of nitrogens with zero attached hydrogens (tertiary/aromatic N) is 5. The van der Waals surface area contributed by atoms with E-state index in [-0.39, 0.29) is 67.0 Å². The lowest BCUT2D eigenvalue weighted by Gasteiger charge is -2.46. The van der Waals surface area contributed by atoms with E-state index in [0.717, 1.165) is 31.4 Å². The van der Waals surface area contributed by atoms with Gasteiger partial charge in [0.15, 0.2) is 5.82 Å². The number of benzene rings is 1. The summed E-state index contributed by atoms with van der Waals surface area (Å²) in [6.45, 7) is 1.28. The highest BCUT2D eigenvalue weighted by Crippen LogP contribution is 2.53. The lowest BCUT2D eigenvalue weighted by Crippen LogP contribution is -2.61. The van der Waals surface area contributed by atoms with E-state index in [1.807, 2.05) is 0 Å². The predicted octanol–water partition coefficient (Wildman–Crippen LogP) is 5.21. The molecule has 6 fully saturated rings.